The monoisotopic (exact) mass is 242 g/mol. The number of ketones is 1. The first-order valence-electron chi connectivity index (χ1n) is 4.50. The van der Waals surface area contributed by atoms with Crippen molar-refractivity contribution in [2.24, 2.45) is 0 Å². The molecule has 6 nitrogen and oxygen atoms in total. The molecule has 7 heteroatoms. The summed E-state index contributed by atoms with van der Waals surface area (Å²) >= 11 is 0. The van der Waals surface area contributed by atoms with Crippen LogP contribution >= 0.6 is 0 Å². The van der Waals surface area contributed by atoms with Crippen LogP contribution in [0.15, 0.2) is 6.07 Å². The molecule has 1 aliphatic heterocycles. The van der Waals surface area contributed by atoms with E-state index in [2.05, 4.69) is 4.74 Å². The second kappa shape index (κ2) is 3.93. The molecule has 0 spiro atoms. The molecule has 0 fully saturated rings. The van der Waals surface area contributed by atoms with Crippen LogP contribution in [0.3, 0.4) is 0 Å². The summed E-state index contributed by atoms with van der Waals surface area (Å²) in [4.78, 5) is 22.1. The van der Waals surface area contributed by atoms with E-state index < -0.39 is 28.9 Å². The Morgan fingerprint density at radius 3 is 2.76 bits per heavy atom. The van der Waals surface area contributed by atoms with Gasteiger partial charge in [0.25, 0.3) is 5.78 Å². The molecule has 0 saturated heterocycles. The first kappa shape index (κ1) is 11.2. The number of carboxylic acids is 1. The van der Waals surface area contributed by atoms with Crippen molar-refractivity contribution >= 4 is 11.8 Å². The summed E-state index contributed by atoms with van der Waals surface area (Å²) < 4.78 is 28.0. The third-order valence-corrected chi connectivity index (χ3v) is 2.20. The molecule has 0 bridgehead atoms. The van der Waals surface area contributed by atoms with E-state index >= 15 is 0 Å². The maximum absolute atomic E-state index is 13.5. The van der Waals surface area contributed by atoms with E-state index in [1.54, 1.807) is 0 Å². The lowest BCUT2D eigenvalue weighted by Crippen LogP contribution is -2.15. The molecule has 0 saturated carbocycles. The SMILES string of the molecule is COc1c(F)cc2c(c1C(=O)C(=O)O)OCO2. The number of rotatable bonds is 3. The summed E-state index contributed by atoms with van der Waals surface area (Å²) in [6.45, 7) is -0.207. The van der Waals surface area contributed by atoms with E-state index in [4.69, 9.17) is 14.6 Å². The number of ether oxygens (including phenoxy) is 3. The van der Waals surface area contributed by atoms with Gasteiger partial charge in [-0.15, -0.1) is 0 Å². The van der Waals surface area contributed by atoms with Crippen LogP contribution in [-0.4, -0.2) is 30.8 Å². The average Bonchev–Trinajstić information content (AvgIpc) is 2.73. The second-order valence-electron chi connectivity index (χ2n) is 3.13. The highest BCUT2D eigenvalue weighted by molar-refractivity contribution is 6.41. The van der Waals surface area contributed by atoms with E-state index in [1.165, 1.54) is 0 Å². The van der Waals surface area contributed by atoms with E-state index in [1.807, 2.05) is 0 Å². The standard InChI is InChI=1S/C10H7FO6/c1-15-8-4(11)2-5-9(17-3-16-5)6(8)7(12)10(13)14/h2H,3H2,1H3,(H,13,14). The van der Waals surface area contributed by atoms with Gasteiger partial charge < -0.3 is 19.3 Å². The van der Waals surface area contributed by atoms with Crippen molar-refractivity contribution in [1.82, 2.24) is 0 Å². The molecule has 17 heavy (non-hydrogen) atoms. The third kappa shape index (κ3) is 1.65. The van der Waals surface area contributed by atoms with Crippen LogP contribution in [0.5, 0.6) is 17.2 Å². The number of fused-ring (bicyclic) bond motifs is 1. The van der Waals surface area contributed by atoms with Crippen molar-refractivity contribution in [2.45, 2.75) is 0 Å². The molecule has 1 aromatic rings. The molecular weight excluding hydrogens is 235 g/mol. The van der Waals surface area contributed by atoms with Gasteiger partial charge in [-0.05, 0) is 0 Å². The Bertz CT molecular complexity index is 506. The zero-order valence-electron chi connectivity index (χ0n) is 8.65. The van der Waals surface area contributed by atoms with Gasteiger partial charge in [-0.2, -0.15) is 0 Å². The lowest BCUT2D eigenvalue weighted by molar-refractivity contribution is -0.131. The molecule has 90 valence electrons. The Morgan fingerprint density at radius 2 is 2.18 bits per heavy atom. The van der Waals surface area contributed by atoms with Gasteiger partial charge in [-0.1, -0.05) is 0 Å². The quantitative estimate of drug-likeness (QED) is 0.624. The Hall–Kier alpha value is -2.31. The van der Waals surface area contributed by atoms with E-state index in [9.17, 15) is 14.0 Å². The van der Waals surface area contributed by atoms with Gasteiger partial charge >= 0.3 is 5.97 Å². The normalized spacial score (nSPS) is 12.4. The predicted molar refractivity (Wildman–Crippen MR) is 51.0 cm³/mol. The van der Waals surface area contributed by atoms with Crippen molar-refractivity contribution in [2.75, 3.05) is 13.9 Å². The maximum atomic E-state index is 13.5. The van der Waals surface area contributed by atoms with Crippen LogP contribution in [0.2, 0.25) is 0 Å². The highest BCUT2D eigenvalue weighted by atomic mass is 19.1. The fourth-order valence-corrected chi connectivity index (χ4v) is 1.51. The van der Waals surface area contributed by atoms with Crippen LogP contribution in [-0.2, 0) is 4.79 Å². The minimum atomic E-state index is -1.73. The van der Waals surface area contributed by atoms with Crippen LogP contribution in [0.25, 0.3) is 0 Å². The second-order valence-corrected chi connectivity index (χ2v) is 3.13. The number of halogens is 1. The zero-order chi connectivity index (χ0) is 12.6. The highest BCUT2D eigenvalue weighted by Crippen LogP contribution is 2.42. The third-order valence-electron chi connectivity index (χ3n) is 2.20. The topological polar surface area (TPSA) is 82.1 Å². The molecule has 0 unspecified atom stereocenters. The van der Waals surface area contributed by atoms with Gasteiger partial charge in [0.05, 0.1) is 7.11 Å². The van der Waals surface area contributed by atoms with Gasteiger partial charge in [-0.25, -0.2) is 9.18 Å². The minimum Gasteiger partial charge on any atom is -0.493 e. The number of methoxy groups -OCH3 is 1. The Balaban J connectivity index is 2.70. The molecule has 1 aromatic carbocycles. The molecule has 2 rings (SSSR count). The van der Waals surface area contributed by atoms with Gasteiger partial charge in [0.15, 0.2) is 23.1 Å². The maximum Gasteiger partial charge on any atom is 0.377 e. The van der Waals surface area contributed by atoms with E-state index in [0.717, 1.165) is 13.2 Å². The number of benzene rings is 1. The van der Waals surface area contributed by atoms with Crippen LogP contribution in [0.4, 0.5) is 4.39 Å². The van der Waals surface area contributed by atoms with E-state index in [-0.39, 0.29) is 18.3 Å². The highest BCUT2D eigenvalue weighted by Gasteiger charge is 2.32. The smallest absolute Gasteiger partial charge is 0.377 e. The Kier molecular flexibility index (Phi) is 2.58. The molecular formula is C10H7FO6. The summed E-state index contributed by atoms with van der Waals surface area (Å²) in [6.07, 6.45) is 0. The first-order valence-corrected chi connectivity index (χ1v) is 4.50. The number of Topliss-reactive ketones (excluding diaryl/α,β-unsaturated/α-hetero) is 1. The van der Waals surface area contributed by atoms with Crippen molar-refractivity contribution < 1.29 is 33.3 Å². The summed E-state index contributed by atoms with van der Waals surface area (Å²) in [5, 5.41) is 8.65. The fourth-order valence-electron chi connectivity index (χ4n) is 1.51. The Morgan fingerprint density at radius 1 is 1.47 bits per heavy atom. The molecule has 0 aromatic heterocycles. The summed E-state index contributed by atoms with van der Waals surface area (Å²) in [6, 6.07) is 0.972. The van der Waals surface area contributed by atoms with Crippen molar-refractivity contribution in [3.8, 4) is 17.2 Å². The fraction of sp³-hybridized carbons (Fsp3) is 0.200. The molecule has 1 N–H and O–H groups in total. The van der Waals surface area contributed by atoms with Crippen molar-refractivity contribution in [3.63, 3.8) is 0 Å². The van der Waals surface area contributed by atoms with Crippen molar-refractivity contribution in [3.05, 3.63) is 17.4 Å². The summed E-state index contributed by atoms with van der Waals surface area (Å²) in [5.41, 5.74) is -0.479. The molecule has 0 aliphatic carbocycles. The number of hydrogen-bond acceptors (Lipinski definition) is 5. The molecule has 0 amide bonds. The number of carbonyl (C=O) groups is 2. The van der Waals surface area contributed by atoms with Crippen LogP contribution in [0.1, 0.15) is 10.4 Å². The first-order chi connectivity index (χ1) is 8.06. The summed E-state index contributed by atoms with van der Waals surface area (Å²) in [5.74, 6) is -4.54. The van der Waals surface area contributed by atoms with E-state index in [0.29, 0.717) is 0 Å². The van der Waals surface area contributed by atoms with Gasteiger partial charge in [0, 0.05) is 6.07 Å². The number of carboxylic acid groups (broad SMARTS) is 1. The number of aliphatic carboxylic acids is 1. The molecule has 0 atom stereocenters. The Labute approximate surface area is 94.5 Å². The van der Waals surface area contributed by atoms with Crippen LogP contribution in [0, 0.1) is 5.82 Å². The number of carbonyl (C=O) groups excluding carboxylic acids is 1. The largest absolute Gasteiger partial charge is 0.493 e. The summed E-state index contributed by atoms with van der Waals surface area (Å²) in [7, 11) is 1.12. The minimum absolute atomic E-state index is 0.0205. The molecule has 0 radical (unpaired) electrons. The van der Waals surface area contributed by atoms with Gasteiger partial charge in [0.2, 0.25) is 6.79 Å². The lowest BCUT2D eigenvalue weighted by atomic mass is 10.1. The van der Waals surface area contributed by atoms with Gasteiger partial charge in [-0.3, -0.25) is 4.79 Å². The van der Waals surface area contributed by atoms with Gasteiger partial charge in [0.1, 0.15) is 5.56 Å². The zero-order valence-corrected chi connectivity index (χ0v) is 8.65. The lowest BCUT2D eigenvalue weighted by Gasteiger charge is -2.09. The number of hydrogen-bond donors (Lipinski definition) is 1. The van der Waals surface area contributed by atoms with Crippen molar-refractivity contribution in [1.29, 1.82) is 0 Å². The molecule has 1 heterocycles. The molecule has 1 aliphatic rings. The average molecular weight is 242 g/mol. The van der Waals surface area contributed by atoms with Crippen LogP contribution < -0.4 is 14.2 Å². The predicted octanol–water partition coefficient (Wildman–Crippen LogP) is 0.830.